The number of rotatable bonds is 3. The molecule has 5 nitrogen and oxygen atoms in total. The summed E-state index contributed by atoms with van der Waals surface area (Å²) < 4.78 is 15.0. The minimum Gasteiger partial charge on any atom is -0.339 e. The zero-order chi connectivity index (χ0) is 16.2. The summed E-state index contributed by atoms with van der Waals surface area (Å²) in [6.07, 6.45) is 3.38. The van der Waals surface area contributed by atoms with E-state index in [9.17, 15) is 9.18 Å². The standard InChI is InChI=1S/C16H13FN4OS/c1-21-8-9-23-16(21)20-15(22)13-6-3-7-18-14(13)19-12-5-2-4-11(17)10-12/h2-10H,1H3,(H,18,19). The molecule has 0 atom stereocenters. The number of aryl methyl sites for hydroxylation is 1. The van der Waals surface area contributed by atoms with Gasteiger partial charge in [-0.15, -0.1) is 11.3 Å². The third kappa shape index (κ3) is 3.51. The first-order valence-electron chi connectivity index (χ1n) is 6.80. The van der Waals surface area contributed by atoms with Gasteiger partial charge in [0.25, 0.3) is 5.91 Å². The summed E-state index contributed by atoms with van der Waals surface area (Å²) in [4.78, 5) is 21.3. The van der Waals surface area contributed by atoms with Crippen LogP contribution in [0.3, 0.4) is 0 Å². The Kier molecular flexibility index (Phi) is 4.29. The number of nitrogens with one attached hydrogen (secondary N) is 1. The van der Waals surface area contributed by atoms with E-state index in [0.717, 1.165) is 0 Å². The van der Waals surface area contributed by atoms with Gasteiger partial charge in [0.05, 0.1) is 5.56 Å². The molecule has 1 aromatic carbocycles. The molecule has 0 unspecified atom stereocenters. The zero-order valence-corrected chi connectivity index (χ0v) is 13.0. The van der Waals surface area contributed by atoms with Gasteiger partial charge < -0.3 is 9.88 Å². The van der Waals surface area contributed by atoms with Crippen LogP contribution in [0.5, 0.6) is 0 Å². The predicted octanol–water partition coefficient (Wildman–Crippen LogP) is 3.11. The average molecular weight is 328 g/mol. The molecule has 23 heavy (non-hydrogen) atoms. The van der Waals surface area contributed by atoms with Gasteiger partial charge in [-0.3, -0.25) is 4.79 Å². The highest BCUT2D eigenvalue weighted by Gasteiger charge is 2.12. The van der Waals surface area contributed by atoms with Crippen LogP contribution in [-0.4, -0.2) is 15.5 Å². The Hall–Kier alpha value is -2.80. The summed E-state index contributed by atoms with van der Waals surface area (Å²) in [7, 11) is 1.82. The van der Waals surface area contributed by atoms with Crippen LogP contribution >= 0.6 is 11.3 Å². The number of hydrogen-bond donors (Lipinski definition) is 1. The maximum absolute atomic E-state index is 13.3. The lowest BCUT2D eigenvalue weighted by molar-refractivity contribution is 0.0998. The van der Waals surface area contributed by atoms with Crippen molar-refractivity contribution >= 4 is 28.7 Å². The SMILES string of the molecule is Cn1ccsc1=NC(=O)c1cccnc1Nc1cccc(F)c1. The molecule has 1 N–H and O–H groups in total. The van der Waals surface area contributed by atoms with E-state index in [0.29, 0.717) is 21.9 Å². The van der Waals surface area contributed by atoms with Crippen molar-refractivity contribution in [1.82, 2.24) is 9.55 Å². The van der Waals surface area contributed by atoms with Crippen molar-refractivity contribution in [2.45, 2.75) is 0 Å². The van der Waals surface area contributed by atoms with Crippen LogP contribution < -0.4 is 10.1 Å². The molecule has 0 aliphatic rings. The topological polar surface area (TPSA) is 59.3 Å². The Bertz CT molecular complexity index is 916. The van der Waals surface area contributed by atoms with Crippen molar-refractivity contribution in [1.29, 1.82) is 0 Å². The van der Waals surface area contributed by atoms with Crippen LogP contribution in [0, 0.1) is 5.82 Å². The molecule has 0 saturated carbocycles. The average Bonchev–Trinajstić information content (AvgIpc) is 2.93. The lowest BCUT2D eigenvalue weighted by atomic mass is 10.2. The number of benzene rings is 1. The Morgan fingerprint density at radius 2 is 2.22 bits per heavy atom. The molecule has 3 aromatic rings. The molecular formula is C16H13FN4OS. The summed E-state index contributed by atoms with van der Waals surface area (Å²) in [5.74, 6) is -0.435. The molecular weight excluding hydrogens is 315 g/mol. The van der Waals surface area contributed by atoms with Crippen LogP contribution in [0.15, 0.2) is 59.2 Å². The van der Waals surface area contributed by atoms with Crippen molar-refractivity contribution in [3.8, 4) is 0 Å². The summed E-state index contributed by atoms with van der Waals surface area (Å²) in [5, 5.41) is 4.80. The number of halogens is 1. The molecule has 3 rings (SSSR count). The number of carbonyl (C=O) groups is 1. The molecule has 116 valence electrons. The van der Waals surface area contributed by atoms with Crippen LogP contribution in [0.25, 0.3) is 0 Å². The summed E-state index contributed by atoms with van der Waals surface area (Å²) in [6.45, 7) is 0. The number of aromatic nitrogens is 2. The molecule has 0 spiro atoms. The number of amides is 1. The van der Waals surface area contributed by atoms with E-state index in [-0.39, 0.29) is 5.82 Å². The van der Waals surface area contributed by atoms with Gasteiger partial charge >= 0.3 is 0 Å². The van der Waals surface area contributed by atoms with Crippen molar-refractivity contribution in [2.24, 2.45) is 12.0 Å². The fourth-order valence-electron chi connectivity index (χ4n) is 1.96. The molecule has 0 fully saturated rings. The summed E-state index contributed by atoms with van der Waals surface area (Å²) in [6, 6.07) is 9.25. The lowest BCUT2D eigenvalue weighted by Crippen LogP contribution is -2.13. The first-order valence-corrected chi connectivity index (χ1v) is 7.68. The van der Waals surface area contributed by atoms with E-state index in [2.05, 4.69) is 15.3 Å². The van der Waals surface area contributed by atoms with E-state index in [1.165, 1.54) is 23.5 Å². The fraction of sp³-hybridized carbons (Fsp3) is 0.0625. The number of anilines is 2. The van der Waals surface area contributed by atoms with E-state index in [1.807, 2.05) is 18.6 Å². The maximum Gasteiger partial charge on any atom is 0.283 e. The number of hydrogen-bond acceptors (Lipinski definition) is 4. The second kappa shape index (κ2) is 6.53. The van der Waals surface area contributed by atoms with Gasteiger partial charge in [-0.1, -0.05) is 6.07 Å². The monoisotopic (exact) mass is 328 g/mol. The molecule has 2 heterocycles. The van der Waals surface area contributed by atoms with E-state index in [4.69, 9.17) is 0 Å². The lowest BCUT2D eigenvalue weighted by Gasteiger charge is -2.08. The van der Waals surface area contributed by atoms with Crippen molar-refractivity contribution in [2.75, 3.05) is 5.32 Å². The summed E-state index contributed by atoms with van der Waals surface area (Å²) in [5.41, 5.74) is 0.838. The third-order valence-corrected chi connectivity index (χ3v) is 3.93. The molecule has 0 saturated heterocycles. The second-order valence-corrected chi connectivity index (χ2v) is 5.62. The van der Waals surface area contributed by atoms with Crippen molar-refractivity contribution in [3.05, 3.63) is 70.4 Å². The van der Waals surface area contributed by atoms with Crippen molar-refractivity contribution in [3.63, 3.8) is 0 Å². The Balaban J connectivity index is 1.95. The highest BCUT2D eigenvalue weighted by molar-refractivity contribution is 7.07. The molecule has 0 bridgehead atoms. The Labute approximate surface area is 135 Å². The van der Waals surface area contributed by atoms with Gasteiger partial charge in [0.1, 0.15) is 11.6 Å². The van der Waals surface area contributed by atoms with E-state index in [1.54, 1.807) is 35.0 Å². The highest BCUT2D eigenvalue weighted by Crippen LogP contribution is 2.19. The van der Waals surface area contributed by atoms with E-state index < -0.39 is 5.91 Å². The number of pyridine rings is 1. The molecule has 0 aliphatic carbocycles. The van der Waals surface area contributed by atoms with Gasteiger partial charge in [0.15, 0.2) is 4.80 Å². The minimum absolute atomic E-state index is 0.324. The predicted molar refractivity (Wildman–Crippen MR) is 87.1 cm³/mol. The fourth-order valence-corrected chi connectivity index (χ4v) is 2.69. The van der Waals surface area contributed by atoms with Gasteiger partial charge in [-0.05, 0) is 30.3 Å². The normalized spacial score (nSPS) is 11.5. The molecule has 0 radical (unpaired) electrons. The van der Waals surface area contributed by atoms with Crippen LogP contribution in [0.4, 0.5) is 15.9 Å². The van der Waals surface area contributed by atoms with Gasteiger partial charge in [0, 0.05) is 30.5 Å². The van der Waals surface area contributed by atoms with Crippen LogP contribution in [0.2, 0.25) is 0 Å². The first kappa shape index (κ1) is 15.1. The zero-order valence-electron chi connectivity index (χ0n) is 12.2. The third-order valence-electron chi connectivity index (χ3n) is 3.08. The molecule has 0 aliphatic heterocycles. The number of nitrogens with zero attached hydrogens (tertiary/aromatic N) is 3. The largest absolute Gasteiger partial charge is 0.339 e. The minimum atomic E-state index is -0.407. The van der Waals surface area contributed by atoms with Gasteiger partial charge in [-0.25, -0.2) is 9.37 Å². The molecule has 7 heteroatoms. The highest BCUT2D eigenvalue weighted by atomic mass is 32.1. The van der Waals surface area contributed by atoms with Crippen LogP contribution in [0.1, 0.15) is 10.4 Å². The maximum atomic E-state index is 13.3. The second-order valence-electron chi connectivity index (χ2n) is 4.75. The molecule has 2 aromatic heterocycles. The van der Waals surface area contributed by atoms with Gasteiger partial charge in [-0.2, -0.15) is 4.99 Å². The van der Waals surface area contributed by atoms with Crippen LogP contribution in [-0.2, 0) is 7.05 Å². The summed E-state index contributed by atoms with van der Waals surface area (Å²) >= 11 is 1.37. The van der Waals surface area contributed by atoms with E-state index >= 15 is 0 Å². The molecule has 1 amide bonds. The van der Waals surface area contributed by atoms with Gasteiger partial charge in [0.2, 0.25) is 0 Å². The number of thiazole rings is 1. The first-order chi connectivity index (χ1) is 11.1. The number of carbonyl (C=O) groups excluding carboxylic acids is 1. The Morgan fingerprint density at radius 3 is 2.96 bits per heavy atom. The smallest absolute Gasteiger partial charge is 0.283 e. The quantitative estimate of drug-likeness (QED) is 0.804. The Morgan fingerprint density at radius 1 is 1.35 bits per heavy atom. The van der Waals surface area contributed by atoms with Crippen molar-refractivity contribution < 1.29 is 9.18 Å².